The van der Waals surface area contributed by atoms with Gasteiger partial charge in [-0.1, -0.05) is 25.8 Å². The molecule has 0 aliphatic heterocycles. The SMILES string of the molecule is COc1ccc(CNc2cnc3ccc(NCC4CCC(C)CC4)nc3n2)c2c(C)c[nH]c12. The lowest BCUT2D eigenvalue weighted by molar-refractivity contribution is 0.300. The number of hydrogen-bond donors (Lipinski definition) is 3. The number of nitrogens with one attached hydrogen (secondary N) is 3. The minimum atomic E-state index is 0.636. The number of nitrogens with zero attached hydrogens (tertiary/aromatic N) is 3. The largest absolute Gasteiger partial charge is 0.495 e. The van der Waals surface area contributed by atoms with E-state index >= 15 is 0 Å². The van der Waals surface area contributed by atoms with Crippen LogP contribution in [0, 0.1) is 18.8 Å². The molecular formula is C26H32N6O. The summed E-state index contributed by atoms with van der Waals surface area (Å²) in [5, 5.41) is 8.11. The Morgan fingerprint density at radius 2 is 1.85 bits per heavy atom. The first-order chi connectivity index (χ1) is 16.1. The second-order valence-corrected chi connectivity index (χ2v) is 9.30. The third kappa shape index (κ3) is 4.58. The average Bonchev–Trinajstić information content (AvgIpc) is 3.24. The predicted octanol–water partition coefficient (Wildman–Crippen LogP) is 5.67. The number of aromatic amines is 1. The molecule has 1 aromatic carbocycles. The van der Waals surface area contributed by atoms with Gasteiger partial charge in [0, 0.05) is 24.7 Å². The van der Waals surface area contributed by atoms with Gasteiger partial charge in [0.25, 0.3) is 0 Å². The van der Waals surface area contributed by atoms with E-state index in [9.17, 15) is 0 Å². The van der Waals surface area contributed by atoms with Gasteiger partial charge in [-0.15, -0.1) is 0 Å². The summed E-state index contributed by atoms with van der Waals surface area (Å²) in [6, 6.07) is 8.07. The van der Waals surface area contributed by atoms with Crippen molar-refractivity contribution in [1.82, 2.24) is 19.9 Å². The molecule has 7 nitrogen and oxygen atoms in total. The molecule has 1 fully saturated rings. The predicted molar refractivity (Wildman–Crippen MR) is 134 cm³/mol. The van der Waals surface area contributed by atoms with Crippen molar-refractivity contribution in [3.8, 4) is 5.75 Å². The van der Waals surface area contributed by atoms with E-state index in [4.69, 9.17) is 14.7 Å². The van der Waals surface area contributed by atoms with Crippen molar-refractivity contribution < 1.29 is 4.74 Å². The molecule has 1 saturated carbocycles. The molecule has 172 valence electrons. The summed E-state index contributed by atoms with van der Waals surface area (Å²) in [7, 11) is 1.69. The van der Waals surface area contributed by atoms with E-state index < -0.39 is 0 Å². The van der Waals surface area contributed by atoms with Crippen LogP contribution < -0.4 is 15.4 Å². The van der Waals surface area contributed by atoms with Gasteiger partial charge in [0.15, 0.2) is 5.65 Å². The van der Waals surface area contributed by atoms with E-state index in [2.05, 4.69) is 40.5 Å². The summed E-state index contributed by atoms with van der Waals surface area (Å²) in [5.41, 5.74) is 4.83. The van der Waals surface area contributed by atoms with Crippen molar-refractivity contribution in [3.63, 3.8) is 0 Å². The lowest BCUT2D eigenvalue weighted by atomic mass is 9.83. The molecule has 0 amide bonds. The van der Waals surface area contributed by atoms with Crippen LogP contribution in [0.5, 0.6) is 5.75 Å². The summed E-state index contributed by atoms with van der Waals surface area (Å²) < 4.78 is 5.49. The number of aryl methyl sites for hydroxylation is 1. The molecule has 33 heavy (non-hydrogen) atoms. The maximum atomic E-state index is 5.49. The summed E-state index contributed by atoms with van der Waals surface area (Å²) in [6.07, 6.45) is 9.05. The first-order valence-electron chi connectivity index (χ1n) is 11.9. The minimum Gasteiger partial charge on any atom is -0.495 e. The summed E-state index contributed by atoms with van der Waals surface area (Å²) in [6.45, 7) is 6.07. The number of pyridine rings is 1. The van der Waals surface area contributed by atoms with E-state index in [0.717, 1.165) is 41.0 Å². The fraction of sp³-hybridized carbons (Fsp3) is 0.423. The van der Waals surface area contributed by atoms with Crippen LogP contribution in [0.1, 0.15) is 43.7 Å². The molecule has 5 rings (SSSR count). The second-order valence-electron chi connectivity index (χ2n) is 9.30. The Morgan fingerprint density at radius 3 is 2.67 bits per heavy atom. The van der Waals surface area contributed by atoms with Crippen molar-refractivity contribution in [2.24, 2.45) is 11.8 Å². The molecule has 1 aliphatic carbocycles. The van der Waals surface area contributed by atoms with E-state index in [-0.39, 0.29) is 0 Å². The van der Waals surface area contributed by atoms with Crippen LogP contribution in [0.25, 0.3) is 22.1 Å². The molecule has 3 aromatic heterocycles. The minimum absolute atomic E-state index is 0.636. The molecule has 7 heteroatoms. The highest BCUT2D eigenvalue weighted by Gasteiger charge is 2.18. The Labute approximate surface area is 194 Å². The highest BCUT2D eigenvalue weighted by Crippen LogP contribution is 2.31. The molecule has 3 N–H and O–H groups in total. The average molecular weight is 445 g/mol. The number of anilines is 2. The highest BCUT2D eigenvalue weighted by molar-refractivity contribution is 5.91. The Morgan fingerprint density at radius 1 is 1.03 bits per heavy atom. The second kappa shape index (κ2) is 9.25. The van der Waals surface area contributed by atoms with Crippen molar-refractivity contribution in [3.05, 3.63) is 47.8 Å². The molecule has 0 atom stereocenters. The summed E-state index contributed by atoms with van der Waals surface area (Å²) >= 11 is 0. The third-order valence-corrected chi connectivity index (χ3v) is 6.87. The highest BCUT2D eigenvalue weighted by atomic mass is 16.5. The van der Waals surface area contributed by atoms with Crippen LogP contribution in [0.15, 0.2) is 36.7 Å². The molecule has 4 aromatic rings. The Hall–Kier alpha value is -3.35. The summed E-state index contributed by atoms with van der Waals surface area (Å²) in [5.74, 6) is 4.03. The zero-order valence-electron chi connectivity index (χ0n) is 19.6. The molecule has 1 aliphatic rings. The van der Waals surface area contributed by atoms with Gasteiger partial charge in [-0.2, -0.15) is 0 Å². The topological polar surface area (TPSA) is 87.8 Å². The zero-order valence-corrected chi connectivity index (χ0v) is 19.6. The van der Waals surface area contributed by atoms with E-state index in [1.807, 2.05) is 24.4 Å². The molecule has 0 saturated heterocycles. The summed E-state index contributed by atoms with van der Waals surface area (Å²) in [4.78, 5) is 17.3. The normalized spacial score (nSPS) is 18.5. The standard InChI is InChI=1S/C26H32N6O/c1-16-4-6-18(7-5-16)13-28-22-11-9-20-26(31-22)32-23(15-27-20)29-14-19-8-10-21(33-3)25-24(19)17(2)12-30-25/h8-12,15-16,18,30H,4-7,13-14H2,1-3H3,(H2,28,29,31,32). The maximum absolute atomic E-state index is 5.49. The van der Waals surface area contributed by atoms with Crippen LogP contribution >= 0.6 is 0 Å². The van der Waals surface area contributed by atoms with E-state index in [1.54, 1.807) is 13.3 Å². The molecular weight excluding hydrogens is 412 g/mol. The first kappa shape index (κ1) is 21.5. The monoisotopic (exact) mass is 444 g/mol. The van der Waals surface area contributed by atoms with Crippen molar-refractivity contribution >= 4 is 33.7 Å². The van der Waals surface area contributed by atoms with Crippen molar-refractivity contribution in [2.75, 3.05) is 24.3 Å². The molecule has 0 radical (unpaired) electrons. The van der Waals surface area contributed by atoms with Gasteiger partial charge in [-0.25, -0.2) is 15.0 Å². The first-order valence-corrected chi connectivity index (χ1v) is 11.9. The zero-order chi connectivity index (χ0) is 22.8. The van der Waals surface area contributed by atoms with Crippen LogP contribution in [-0.4, -0.2) is 33.6 Å². The van der Waals surface area contributed by atoms with Gasteiger partial charge in [-0.05, 0) is 60.9 Å². The van der Waals surface area contributed by atoms with Gasteiger partial charge in [-0.3, -0.25) is 0 Å². The van der Waals surface area contributed by atoms with Crippen molar-refractivity contribution in [1.29, 1.82) is 0 Å². The van der Waals surface area contributed by atoms with Gasteiger partial charge in [0.2, 0.25) is 0 Å². The van der Waals surface area contributed by atoms with Gasteiger partial charge < -0.3 is 20.4 Å². The lowest BCUT2D eigenvalue weighted by Crippen LogP contribution is -2.20. The van der Waals surface area contributed by atoms with E-state index in [1.165, 1.54) is 42.2 Å². The van der Waals surface area contributed by atoms with Gasteiger partial charge in [0.05, 0.1) is 18.8 Å². The van der Waals surface area contributed by atoms with Crippen LogP contribution in [-0.2, 0) is 6.54 Å². The lowest BCUT2D eigenvalue weighted by Gasteiger charge is -2.26. The maximum Gasteiger partial charge on any atom is 0.182 e. The number of ether oxygens (including phenoxy) is 1. The third-order valence-electron chi connectivity index (χ3n) is 6.87. The van der Waals surface area contributed by atoms with Gasteiger partial charge in [0.1, 0.15) is 22.9 Å². The smallest absolute Gasteiger partial charge is 0.182 e. The fourth-order valence-electron chi connectivity index (χ4n) is 4.84. The van der Waals surface area contributed by atoms with Crippen LogP contribution in [0.3, 0.4) is 0 Å². The van der Waals surface area contributed by atoms with Crippen LogP contribution in [0.4, 0.5) is 11.6 Å². The Bertz CT molecular complexity index is 1260. The van der Waals surface area contributed by atoms with Gasteiger partial charge >= 0.3 is 0 Å². The molecule has 0 spiro atoms. The number of aromatic nitrogens is 4. The number of H-pyrrole nitrogens is 1. The number of fused-ring (bicyclic) bond motifs is 2. The van der Waals surface area contributed by atoms with E-state index in [0.29, 0.717) is 18.0 Å². The number of benzene rings is 1. The number of hydrogen-bond acceptors (Lipinski definition) is 6. The molecule has 0 unspecified atom stereocenters. The molecule has 0 bridgehead atoms. The van der Waals surface area contributed by atoms with Crippen LogP contribution in [0.2, 0.25) is 0 Å². The van der Waals surface area contributed by atoms with Crippen molar-refractivity contribution in [2.45, 2.75) is 46.1 Å². The Balaban J connectivity index is 1.29. The molecule has 3 heterocycles. The Kier molecular flexibility index (Phi) is 6.03. The quantitative estimate of drug-likeness (QED) is 0.340. The fourth-order valence-corrected chi connectivity index (χ4v) is 4.84. The number of rotatable bonds is 7. The number of methoxy groups -OCH3 is 1.